The van der Waals surface area contributed by atoms with Gasteiger partial charge in [0.1, 0.15) is 0 Å². The molecule has 0 radical (unpaired) electrons. The third kappa shape index (κ3) is 22.6. The Morgan fingerprint density at radius 3 is 1.94 bits per heavy atom. The first-order chi connectivity index (χ1) is 16.0. The van der Waals surface area contributed by atoms with Gasteiger partial charge in [0, 0.05) is 24.7 Å². The molecule has 0 spiro atoms. The van der Waals surface area contributed by atoms with Crippen LogP contribution in [0.1, 0.15) is 100.0 Å². The van der Waals surface area contributed by atoms with E-state index in [-0.39, 0.29) is 11.8 Å². The molecule has 1 aromatic rings. The van der Waals surface area contributed by atoms with Crippen LogP contribution in [0.2, 0.25) is 0 Å². The van der Waals surface area contributed by atoms with Crippen LogP contribution in [0.3, 0.4) is 0 Å². The zero-order chi connectivity index (χ0) is 25.9. The van der Waals surface area contributed by atoms with Crippen molar-refractivity contribution in [3.8, 4) is 0 Å². The number of carbonyl (C=O) groups is 1. The van der Waals surface area contributed by atoms with E-state index < -0.39 is 0 Å². The molecule has 1 atom stereocenters. The number of benzene rings is 1. The highest BCUT2D eigenvalue weighted by Crippen LogP contribution is 2.02. The highest BCUT2D eigenvalue weighted by molar-refractivity contribution is 5.78. The average molecular weight is 464 g/mol. The van der Waals surface area contributed by atoms with Crippen molar-refractivity contribution in [2.45, 2.75) is 101 Å². The van der Waals surface area contributed by atoms with Crippen molar-refractivity contribution >= 4 is 5.91 Å². The molecular formula is C28H53N3O2. The van der Waals surface area contributed by atoms with E-state index in [1.54, 1.807) is 7.11 Å². The van der Waals surface area contributed by atoms with Gasteiger partial charge in [-0.25, -0.2) is 0 Å². The zero-order valence-corrected chi connectivity index (χ0v) is 23.2. The number of hydrogen-bond acceptors (Lipinski definition) is 4. The van der Waals surface area contributed by atoms with Gasteiger partial charge in [0.25, 0.3) is 0 Å². The van der Waals surface area contributed by atoms with E-state index in [4.69, 9.17) is 4.74 Å². The molecule has 1 aliphatic heterocycles. The van der Waals surface area contributed by atoms with Crippen LogP contribution in [0.25, 0.3) is 0 Å². The minimum atomic E-state index is 0.110. The molecule has 5 heteroatoms. The fourth-order valence-corrected chi connectivity index (χ4v) is 2.26. The maximum Gasteiger partial charge on any atom is 0.223 e. The molecule has 1 amide bonds. The molecule has 0 saturated carbocycles. The van der Waals surface area contributed by atoms with Gasteiger partial charge in [-0.15, -0.1) is 0 Å². The summed E-state index contributed by atoms with van der Waals surface area (Å²) in [6.45, 7) is 19.1. The predicted molar refractivity (Wildman–Crippen MR) is 145 cm³/mol. The minimum Gasteiger partial charge on any atom is -0.481 e. The van der Waals surface area contributed by atoms with E-state index >= 15 is 0 Å². The molecule has 1 aliphatic rings. The maximum absolute atomic E-state index is 11.4. The van der Waals surface area contributed by atoms with Gasteiger partial charge >= 0.3 is 0 Å². The first-order valence-corrected chi connectivity index (χ1v) is 12.7. The number of hydrazine groups is 1. The second kappa shape index (κ2) is 27.6. The highest BCUT2D eigenvalue weighted by atomic mass is 16.5. The summed E-state index contributed by atoms with van der Waals surface area (Å²) in [6, 6.07) is 9.95. The third-order valence-electron chi connectivity index (χ3n) is 4.40. The quantitative estimate of drug-likeness (QED) is 0.350. The van der Waals surface area contributed by atoms with Crippen molar-refractivity contribution < 1.29 is 9.53 Å². The fraction of sp³-hybridized carbons (Fsp3) is 0.607. The Morgan fingerprint density at radius 2 is 1.55 bits per heavy atom. The lowest BCUT2D eigenvalue weighted by atomic mass is 10.1. The Kier molecular flexibility index (Phi) is 29.4. The van der Waals surface area contributed by atoms with Gasteiger partial charge in [-0.2, -0.15) is 0 Å². The van der Waals surface area contributed by atoms with Crippen LogP contribution in [-0.4, -0.2) is 13.0 Å². The molecule has 2 rings (SSSR count). The molecule has 1 aromatic carbocycles. The van der Waals surface area contributed by atoms with E-state index in [2.05, 4.69) is 30.0 Å². The number of allylic oxidation sites excluding steroid dienone is 2. The lowest BCUT2D eigenvalue weighted by Crippen LogP contribution is -2.29. The van der Waals surface area contributed by atoms with Gasteiger partial charge in [0.05, 0.1) is 7.11 Å². The summed E-state index contributed by atoms with van der Waals surface area (Å²) in [7, 11) is 1.62. The molecule has 0 aliphatic carbocycles. The van der Waals surface area contributed by atoms with E-state index in [9.17, 15) is 4.79 Å². The number of hydrogen-bond donors (Lipinski definition) is 3. The molecule has 0 bridgehead atoms. The Bertz CT molecular complexity index is 594. The first-order valence-electron chi connectivity index (χ1n) is 12.7. The summed E-state index contributed by atoms with van der Waals surface area (Å²) in [5.74, 6) is 0.991. The number of methoxy groups -OCH3 is 1. The summed E-state index contributed by atoms with van der Waals surface area (Å²) >= 11 is 0. The smallest absolute Gasteiger partial charge is 0.223 e. The van der Waals surface area contributed by atoms with Crippen LogP contribution in [0.15, 0.2) is 54.1 Å². The van der Waals surface area contributed by atoms with Crippen molar-refractivity contribution in [3.05, 3.63) is 59.6 Å². The number of amides is 1. The molecule has 33 heavy (non-hydrogen) atoms. The van der Waals surface area contributed by atoms with Crippen molar-refractivity contribution in [1.29, 1.82) is 0 Å². The van der Waals surface area contributed by atoms with E-state index in [1.807, 2.05) is 91.1 Å². The average Bonchev–Trinajstić information content (AvgIpc) is 2.89. The number of rotatable bonds is 8. The van der Waals surface area contributed by atoms with Gasteiger partial charge in [-0.3, -0.25) is 10.2 Å². The third-order valence-corrected chi connectivity index (χ3v) is 4.40. The van der Waals surface area contributed by atoms with Crippen LogP contribution in [0.4, 0.5) is 0 Å². The zero-order valence-electron chi connectivity index (χ0n) is 23.2. The molecule has 1 heterocycles. The monoisotopic (exact) mass is 463 g/mol. The predicted octanol–water partition coefficient (Wildman–Crippen LogP) is 7.47. The molecule has 1 unspecified atom stereocenters. The van der Waals surface area contributed by atoms with Gasteiger partial charge < -0.3 is 15.5 Å². The van der Waals surface area contributed by atoms with Crippen LogP contribution < -0.4 is 16.2 Å². The Hall–Kier alpha value is -2.43. The van der Waals surface area contributed by atoms with Crippen molar-refractivity contribution in [3.63, 3.8) is 0 Å². The molecule has 192 valence electrons. The fourth-order valence-electron chi connectivity index (χ4n) is 2.26. The number of nitrogens with one attached hydrogen (secondary N) is 3. The normalized spacial score (nSPS) is 11.7. The van der Waals surface area contributed by atoms with Gasteiger partial charge in [0.15, 0.2) is 0 Å². The molecular weight excluding hydrogens is 410 g/mol. The van der Waals surface area contributed by atoms with Gasteiger partial charge in [0.2, 0.25) is 11.8 Å². The molecule has 0 aromatic heterocycles. The summed E-state index contributed by atoms with van der Waals surface area (Å²) in [4.78, 5) is 11.4. The number of unbranched alkanes of at least 4 members (excludes halogenated alkanes) is 3. The van der Waals surface area contributed by atoms with Gasteiger partial charge in [-0.1, -0.05) is 111 Å². The standard InChI is InChI=1S/C12H17NO.C6H10N2O.C6H14.2C2H6/c1-3-10(2)12(14)13-9-11-7-5-4-6-8-11;1-5-3-6(9-2)8-7-4-5;1-3-5-6-4-2;2*1-2/h4-8,10H,3,9H2,1-2H3,(H,13,14);3-4,7-8H,1-2H3;3-6H2,1-2H3;2*1-2H3. The number of carbonyl (C=O) groups excluding carboxylic acids is 1. The van der Waals surface area contributed by atoms with E-state index in [0.717, 1.165) is 23.4 Å². The SMILES string of the molecule is CC.CC.CCC(C)C(=O)NCc1ccccc1.CCCCCC.COC1=CC(C)=CNN1. The minimum absolute atomic E-state index is 0.110. The first kappa shape index (κ1) is 35.2. The van der Waals surface area contributed by atoms with Crippen LogP contribution in [-0.2, 0) is 16.1 Å². The van der Waals surface area contributed by atoms with Gasteiger partial charge in [-0.05, 0) is 24.5 Å². The summed E-state index contributed by atoms with van der Waals surface area (Å²) in [5, 5.41) is 2.91. The molecule has 0 fully saturated rings. The Morgan fingerprint density at radius 1 is 1.00 bits per heavy atom. The second-order valence-corrected chi connectivity index (χ2v) is 7.09. The molecule has 5 nitrogen and oxygen atoms in total. The van der Waals surface area contributed by atoms with Crippen molar-refractivity contribution in [2.24, 2.45) is 5.92 Å². The summed E-state index contributed by atoms with van der Waals surface area (Å²) in [6.07, 6.45) is 10.2. The van der Waals surface area contributed by atoms with Crippen LogP contribution in [0.5, 0.6) is 0 Å². The summed E-state index contributed by atoms with van der Waals surface area (Å²) < 4.78 is 4.91. The maximum atomic E-state index is 11.4. The summed E-state index contributed by atoms with van der Waals surface area (Å²) in [5.41, 5.74) is 7.93. The van der Waals surface area contributed by atoms with E-state index in [0.29, 0.717) is 6.54 Å². The largest absolute Gasteiger partial charge is 0.481 e. The lowest BCUT2D eigenvalue weighted by molar-refractivity contribution is -0.124. The van der Waals surface area contributed by atoms with Crippen molar-refractivity contribution in [1.82, 2.24) is 16.2 Å². The topological polar surface area (TPSA) is 62.4 Å². The lowest BCUT2D eigenvalue weighted by Gasteiger charge is -2.13. The van der Waals surface area contributed by atoms with Crippen LogP contribution in [0, 0.1) is 5.92 Å². The second-order valence-electron chi connectivity index (χ2n) is 7.09. The molecule has 3 N–H and O–H groups in total. The van der Waals surface area contributed by atoms with E-state index in [1.165, 1.54) is 25.7 Å². The Balaban J connectivity index is -0.000000408. The highest BCUT2D eigenvalue weighted by Gasteiger charge is 2.08. The number of ether oxygens (including phenoxy) is 1. The van der Waals surface area contributed by atoms with Crippen molar-refractivity contribution in [2.75, 3.05) is 7.11 Å². The molecule has 0 saturated heterocycles. The van der Waals surface area contributed by atoms with Crippen LogP contribution >= 0.6 is 0 Å². The Labute approximate surface area is 205 Å².